The lowest BCUT2D eigenvalue weighted by atomic mass is 10.2. The van der Waals surface area contributed by atoms with Crippen molar-refractivity contribution < 1.29 is 9.13 Å². The monoisotopic (exact) mass is 169 g/mol. The third-order valence-electron chi connectivity index (χ3n) is 1.48. The van der Waals surface area contributed by atoms with Crippen LogP contribution in [0.4, 0.5) is 4.39 Å². The highest BCUT2D eigenvalue weighted by molar-refractivity contribution is 5.16. The van der Waals surface area contributed by atoms with Crippen molar-refractivity contribution in [2.24, 2.45) is 5.73 Å². The molecule has 0 aromatic heterocycles. The summed E-state index contributed by atoms with van der Waals surface area (Å²) < 4.78 is 18.0. The van der Waals surface area contributed by atoms with E-state index in [0.29, 0.717) is 25.3 Å². The van der Waals surface area contributed by atoms with Crippen LogP contribution in [0.2, 0.25) is 0 Å². The number of hydrogen-bond acceptors (Lipinski definition) is 2. The van der Waals surface area contributed by atoms with Crippen LogP contribution < -0.4 is 5.73 Å². The van der Waals surface area contributed by atoms with Crippen molar-refractivity contribution in [1.82, 2.24) is 0 Å². The van der Waals surface area contributed by atoms with Gasteiger partial charge in [-0.05, 0) is 6.07 Å². The lowest BCUT2D eigenvalue weighted by Gasteiger charge is -2.02. The molecule has 0 bridgehead atoms. The van der Waals surface area contributed by atoms with Crippen molar-refractivity contribution in [1.29, 1.82) is 0 Å². The summed E-state index contributed by atoms with van der Waals surface area (Å²) in [5.74, 6) is -0.227. The number of hydrogen-bond donors (Lipinski definition) is 1. The molecular formula is C9H12FNO. The van der Waals surface area contributed by atoms with E-state index in [4.69, 9.17) is 10.5 Å². The first kappa shape index (κ1) is 9.16. The standard InChI is InChI=1S/C9H12FNO/c10-9-4-2-1-3-8(9)7-12-6-5-11/h1-4H,5-7,11H2. The van der Waals surface area contributed by atoms with E-state index in [1.807, 2.05) is 0 Å². The lowest BCUT2D eigenvalue weighted by molar-refractivity contribution is 0.125. The van der Waals surface area contributed by atoms with Gasteiger partial charge in [-0.1, -0.05) is 18.2 Å². The van der Waals surface area contributed by atoms with Crippen molar-refractivity contribution in [2.45, 2.75) is 6.61 Å². The predicted octanol–water partition coefficient (Wildman–Crippen LogP) is 1.30. The van der Waals surface area contributed by atoms with Crippen LogP contribution in [0.1, 0.15) is 5.56 Å². The largest absolute Gasteiger partial charge is 0.375 e. The normalized spacial score (nSPS) is 10.2. The number of rotatable bonds is 4. The molecule has 0 aliphatic heterocycles. The Morgan fingerprint density at radius 1 is 1.33 bits per heavy atom. The molecule has 3 heteroatoms. The minimum absolute atomic E-state index is 0.227. The Labute approximate surface area is 71.1 Å². The highest BCUT2D eigenvalue weighted by Crippen LogP contribution is 2.06. The molecule has 0 atom stereocenters. The minimum atomic E-state index is -0.227. The molecule has 0 aliphatic carbocycles. The Morgan fingerprint density at radius 2 is 2.08 bits per heavy atom. The molecule has 12 heavy (non-hydrogen) atoms. The molecule has 66 valence electrons. The number of ether oxygens (including phenoxy) is 1. The van der Waals surface area contributed by atoms with Gasteiger partial charge in [0.15, 0.2) is 0 Å². The molecule has 1 aromatic rings. The van der Waals surface area contributed by atoms with Gasteiger partial charge in [-0.25, -0.2) is 4.39 Å². The van der Waals surface area contributed by atoms with Crippen LogP contribution in [0.15, 0.2) is 24.3 Å². The van der Waals surface area contributed by atoms with Gasteiger partial charge >= 0.3 is 0 Å². The zero-order valence-corrected chi connectivity index (χ0v) is 6.79. The zero-order chi connectivity index (χ0) is 8.81. The third-order valence-corrected chi connectivity index (χ3v) is 1.48. The van der Waals surface area contributed by atoms with Gasteiger partial charge in [0.2, 0.25) is 0 Å². The maximum Gasteiger partial charge on any atom is 0.128 e. The minimum Gasteiger partial charge on any atom is -0.375 e. The second-order valence-corrected chi connectivity index (χ2v) is 2.43. The van der Waals surface area contributed by atoms with Gasteiger partial charge in [-0.15, -0.1) is 0 Å². The van der Waals surface area contributed by atoms with E-state index >= 15 is 0 Å². The van der Waals surface area contributed by atoms with Gasteiger partial charge in [0.05, 0.1) is 13.2 Å². The van der Waals surface area contributed by atoms with Crippen molar-refractivity contribution in [3.05, 3.63) is 35.6 Å². The summed E-state index contributed by atoms with van der Waals surface area (Å²) in [7, 11) is 0. The molecule has 0 unspecified atom stereocenters. The fourth-order valence-corrected chi connectivity index (χ4v) is 0.881. The topological polar surface area (TPSA) is 35.2 Å². The van der Waals surface area contributed by atoms with Crippen LogP contribution in [0, 0.1) is 5.82 Å². The van der Waals surface area contributed by atoms with Gasteiger partial charge in [-0.2, -0.15) is 0 Å². The smallest absolute Gasteiger partial charge is 0.128 e. The van der Waals surface area contributed by atoms with Gasteiger partial charge in [-0.3, -0.25) is 0 Å². The maximum absolute atomic E-state index is 12.9. The second kappa shape index (κ2) is 4.85. The fraction of sp³-hybridized carbons (Fsp3) is 0.333. The third kappa shape index (κ3) is 2.60. The maximum atomic E-state index is 12.9. The molecule has 0 aliphatic rings. The van der Waals surface area contributed by atoms with Crippen molar-refractivity contribution in [3.8, 4) is 0 Å². The SMILES string of the molecule is NCCOCc1ccccc1F. The lowest BCUT2D eigenvalue weighted by Crippen LogP contribution is -2.08. The zero-order valence-electron chi connectivity index (χ0n) is 6.79. The van der Waals surface area contributed by atoms with Crippen molar-refractivity contribution >= 4 is 0 Å². The van der Waals surface area contributed by atoms with Crippen molar-refractivity contribution in [2.75, 3.05) is 13.2 Å². The molecule has 0 saturated carbocycles. The Hall–Kier alpha value is -0.930. The average molecular weight is 169 g/mol. The summed E-state index contributed by atoms with van der Waals surface area (Å²) in [5.41, 5.74) is 5.79. The summed E-state index contributed by atoms with van der Waals surface area (Å²) in [5, 5.41) is 0. The molecule has 1 rings (SSSR count). The number of benzene rings is 1. The highest BCUT2D eigenvalue weighted by atomic mass is 19.1. The van der Waals surface area contributed by atoms with E-state index in [2.05, 4.69) is 0 Å². The summed E-state index contributed by atoms with van der Waals surface area (Å²) in [4.78, 5) is 0. The van der Waals surface area contributed by atoms with Gasteiger partial charge in [0.1, 0.15) is 5.82 Å². The molecule has 0 saturated heterocycles. The van der Waals surface area contributed by atoms with Gasteiger partial charge in [0.25, 0.3) is 0 Å². The van der Waals surface area contributed by atoms with E-state index in [0.717, 1.165) is 0 Å². The molecule has 2 nitrogen and oxygen atoms in total. The van der Waals surface area contributed by atoms with E-state index in [9.17, 15) is 4.39 Å². The van der Waals surface area contributed by atoms with E-state index in [1.165, 1.54) is 6.07 Å². The molecule has 0 spiro atoms. The van der Waals surface area contributed by atoms with Crippen LogP contribution in [-0.4, -0.2) is 13.2 Å². The molecule has 0 radical (unpaired) electrons. The van der Waals surface area contributed by atoms with Crippen LogP contribution in [0.25, 0.3) is 0 Å². The molecule has 0 amide bonds. The average Bonchev–Trinajstić information content (AvgIpc) is 2.09. The van der Waals surface area contributed by atoms with Gasteiger partial charge < -0.3 is 10.5 Å². The van der Waals surface area contributed by atoms with E-state index in [1.54, 1.807) is 18.2 Å². The fourth-order valence-electron chi connectivity index (χ4n) is 0.881. The van der Waals surface area contributed by atoms with E-state index in [-0.39, 0.29) is 5.82 Å². The van der Waals surface area contributed by atoms with Crippen molar-refractivity contribution in [3.63, 3.8) is 0 Å². The Bertz CT molecular complexity index is 240. The molecule has 0 heterocycles. The molecule has 2 N–H and O–H groups in total. The summed E-state index contributed by atoms with van der Waals surface area (Å²) in [6.45, 7) is 1.23. The Kier molecular flexibility index (Phi) is 3.70. The molecule has 1 aromatic carbocycles. The Morgan fingerprint density at radius 3 is 2.75 bits per heavy atom. The van der Waals surface area contributed by atoms with Crippen LogP contribution in [0.5, 0.6) is 0 Å². The first-order valence-electron chi connectivity index (χ1n) is 3.86. The summed E-state index contributed by atoms with van der Waals surface area (Å²) >= 11 is 0. The summed E-state index contributed by atoms with van der Waals surface area (Å²) in [6.07, 6.45) is 0. The van der Waals surface area contributed by atoms with Crippen LogP contribution >= 0.6 is 0 Å². The summed E-state index contributed by atoms with van der Waals surface area (Å²) in [6, 6.07) is 6.55. The van der Waals surface area contributed by atoms with E-state index < -0.39 is 0 Å². The number of halogens is 1. The number of nitrogens with two attached hydrogens (primary N) is 1. The second-order valence-electron chi connectivity index (χ2n) is 2.43. The van der Waals surface area contributed by atoms with Crippen LogP contribution in [0.3, 0.4) is 0 Å². The first-order valence-corrected chi connectivity index (χ1v) is 3.86. The predicted molar refractivity (Wildman–Crippen MR) is 45.1 cm³/mol. The quantitative estimate of drug-likeness (QED) is 0.689. The Balaban J connectivity index is 2.46. The van der Waals surface area contributed by atoms with Gasteiger partial charge in [0, 0.05) is 12.1 Å². The first-order chi connectivity index (χ1) is 5.84. The highest BCUT2D eigenvalue weighted by Gasteiger charge is 1.98. The molecule has 0 fully saturated rings. The van der Waals surface area contributed by atoms with Crippen LogP contribution in [-0.2, 0) is 11.3 Å². The molecular weight excluding hydrogens is 157 g/mol.